The summed E-state index contributed by atoms with van der Waals surface area (Å²) >= 11 is 0. The lowest BCUT2D eigenvalue weighted by Crippen LogP contribution is -2.07. The molecule has 0 amide bonds. The molecule has 5 nitrogen and oxygen atoms in total. The van der Waals surface area contributed by atoms with Crippen molar-refractivity contribution in [2.45, 2.75) is 26.7 Å². The van der Waals surface area contributed by atoms with Gasteiger partial charge in [0.15, 0.2) is 0 Å². The van der Waals surface area contributed by atoms with Gasteiger partial charge in [-0.15, -0.1) is 5.10 Å². The topological polar surface area (TPSA) is 57.0 Å². The van der Waals surface area contributed by atoms with Crippen LogP contribution in [0, 0.1) is 0 Å². The molecule has 0 bridgehead atoms. The highest BCUT2D eigenvalue weighted by molar-refractivity contribution is 5.84. The van der Waals surface area contributed by atoms with E-state index >= 15 is 0 Å². The molecule has 0 saturated heterocycles. The Morgan fingerprint density at radius 2 is 2.21 bits per heavy atom. The van der Waals surface area contributed by atoms with E-state index in [2.05, 4.69) is 30.0 Å². The van der Waals surface area contributed by atoms with Gasteiger partial charge in [0.2, 0.25) is 0 Å². The summed E-state index contributed by atoms with van der Waals surface area (Å²) in [4.78, 5) is 15.5. The molecule has 2 aromatic rings. The van der Waals surface area contributed by atoms with Crippen molar-refractivity contribution in [3.05, 3.63) is 42.0 Å². The standard InChI is InChI=1S/C14H17N3O2/c1-4-19-14(18)13-15-9-17(16-13)12-7-5-6-11(8-12)10(2)3/h5-10H,4H2,1-3H3. The van der Waals surface area contributed by atoms with Gasteiger partial charge in [0.05, 0.1) is 12.3 Å². The Balaban J connectivity index is 2.27. The van der Waals surface area contributed by atoms with Gasteiger partial charge in [-0.1, -0.05) is 26.0 Å². The summed E-state index contributed by atoms with van der Waals surface area (Å²) in [7, 11) is 0. The predicted molar refractivity (Wildman–Crippen MR) is 71.4 cm³/mol. The third-order valence-corrected chi connectivity index (χ3v) is 2.75. The van der Waals surface area contributed by atoms with Crippen LogP contribution in [0.15, 0.2) is 30.6 Å². The van der Waals surface area contributed by atoms with Crippen molar-refractivity contribution < 1.29 is 9.53 Å². The molecule has 0 fully saturated rings. The van der Waals surface area contributed by atoms with Crippen LogP contribution >= 0.6 is 0 Å². The van der Waals surface area contributed by atoms with Gasteiger partial charge in [0.25, 0.3) is 5.82 Å². The van der Waals surface area contributed by atoms with E-state index in [1.807, 2.05) is 18.2 Å². The molecule has 0 aliphatic carbocycles. The normalized spacial score (nSPS) is 10.7. The minimum absolute atomic E-state index is 0.0804. The van der Waals surface area contributed by atoms with Crippen LogP contribution in [0.5, 0.6) is 0 Å². The second-order valence-electron chi connectivity index (χ2n) is 4.48. The van der Waals surface area contributed by atoms with Gasteiger partial charge < -0.3 is 4.74 Å². The van der Waals surface area contributed by atoms with Crippen molar-refractivity contribution in [1.82, 2.24) is 14.8 Å². The van der Waals surface area contributed by atoms with E-state index in [1.165, 1.54) is 11.9 Å². The van der Waals surface area contributed by atoms with Crippen LogP contribution in [0.1, 0.15) is 42.9 Å². The maximum absolute atomic E-state index is 11.5. The number of carbonyl (C=O) groups excluding carboxylic acids is 1. The number of carbonyl (C=O) groups is 1. The molecule has 1 heterocycles. The van der Waals surface area contributed by atoms with Crippen LogP contribution in [0.25, 0.3) is 5.69 Å². The number of nitrogens with zero attached hydrogens (tertiary/aromatic N) is 3. The first-order valence-electron chi connectivity index (χ1n) is 6.31. The molecule has 0 N–H and O–H groups in total. The largest absolute Gasteiger partial charge is 0.460 e. The number of hydrogen-bond donors (Lipinski definition) is 0. The minimum Gasteiger partial charge on any atom is -0.460 e. The van der Waals surface area contributed by atoms with E-state index < -0.39 is 5.97 Å². The fourth-order valence-corrected chi connectivity index (χ4v) is 1.70. The van der Waals surface area contributed by atoms with E-state index in [9.17, 15) is 4.79 Å². The van der Waals surface area contributed by atoms with Crippen LogP contribution in [-0.4, -0.2) is 27.3 Å². The van der Waals surface area contributed by atoms with Crippen LogP contribution < -0.4 is 0 Å². The summed E-state index contributed by atoms with van der Waals surface area (Å²) in [6, 6.07) is 8.00. The highest BCUT2D eigenvalue weighted by Gasteiger charge is 2.13. The Morgan fingerprint density at radius 3 is 2.89 bits per heavy atom. The molecule has 1 aromatic heterocycles. The summed E-state index contributed by atoms with van der Waals surface area (Å²) in [6.07, 6.45) is 1.52. The third-order valence-electron chi connectivity index (χ3n) is 2.75. The van der Waals surface area contributed by atoms with Crippen molar-refractivity contribution in [1.29, 1.82) is 0 Å². The SMILES string of the molecule is CCOC(=O)c1ncn(-c2cccc(C(C)C)c2)n1. The zero-order valence-corrected chi connectivity index (χ0v) is 11.3. The van der Waals surface area contributed by atoms with E-state index in [4.69, 9.17) is 4.74 Å². The van der Waals surface area contributed by atoms with Crippen LogP contribution in [0.4, 0.5) is 0 Å². The van der Waals surface area contributed by atoms with E-state index in [1.54, 1.807) is 11.6 Å². The quantitative estimate of drug-likeness (QED) is 0.792. The summed E-state index contributed by atoms with van der Waals surface area (Å²) in [5.74, 6) is 0.0195. The van der Waals surface area contributed by atoms with Gasteiger partial charge in [-0.25, -0.2) is 14.5 Å². The Kier molecular flexibility index (Phi) is 3.94. The summed E-state index contributed by atoms with van der Waals surface area (Å²) in [6.45, 7) is 6.33. The first kappa shape index (κ1) is 13.3. The van der Waals surface area contributed by atoms with Crippen molar-refractivity contribution in [3.8, 4) is 5.69 Å². The van der Waals surface area contributed by atoms with E-state index in [0.717, 1.165) is 5.69 Å². The van der Waals surface area contributed by atoms with Gasteiger partial charge in [-0.2, -0.15) is 0 Å². The van der Waals surface area contributed by atoms with Gasteiger partial charge in [0.1, 0.15) is 6.33 Å². The highest BCUT2D eigenvalue weighted by Crippen LogP contribution is 2.17. The predicted octanol–water partition coefficient (Wildman–Crippen LogP) is 2.57. The summed E-state index contributed by atoms with van der Waals surface area (Å²) in [5.41, 5.74) is 2.10. The van der Waals surface area contributed by atoms with Gasteiger partial charge >= 0.3 is 5.97 Å². The molecule has 0 aliphatic heterocycles. The Labute approximate surface area is 112 Å². The van der Waals surface area contributed by atoms with Crippen LogP contribution in [0.2, 0.25) is 0 Å². The van der Waals surface area contributed by atoms with Crippen molar-refractivity contribution >= 4 is 5.97 Å². The van der Waals surface area contributed by atoms with Crippen LogP contribution in [-0.2, 0) is 4.74 Å². The molecule has 2 rings (SSSR count). The average Bonchev–Trinajstić information content (AvgIpc) is 2.89. The van der Waals surface area contributed by atoms with Crippen LogP contribution in [0.3, 0.4) is 0 Å². The lowest BCUT2D eigenvalue weighted by atomic mass is 10.0. The molecule has 0 saturated carbocycles. The van der Waals surface area contributed by atoms with Gasteiger partial charge in [0, 0.05) is 0 Å². The Hall–Kier alpha value is -2.17. The second-order valence-corrected chi connectivity index (χ2v) is 4.48. The number of aromatic nitrogens is 3. The summed E-state index contributed by atoms with van der Waals surface area (Å²) < 4.78 is 6.44. The number of hydrogen-bond acceptors (Lipinski definition) is 4. The fourth-order valence-electron chi connectivity index (χ4n) is 1.70. The highest BCUT2D eigenvalue weighted by atomic mass is 16.5. The second kappa shape index (κ2) is 5.65. The first-order chi connectivity index (χ1) is 9.11. The monoisotopic (exact) mass is 259 g/mol. The first-order valence-corrected chi connectivity index (χ1v) is 6.31. The van der Waals surface area contributed by atoms with Crippen molar-refractivity contribution in [2.24, 2.45) is 0 Å². The van der Waals surface area contributed by atoms with E-state index in [0.29, 0.717) is 12.5 Å². The average molecular weight is 259 g/mol. The molecule has 19 heavy (non-hydrogen) atoms. The molecule has 0 unspecified atom stereocenters. The molecule has 0 spiro atoms. The zero-order valence-electron chi connectivity index (χ0n) is 11.3. The number of benzene rings is 1. The van der Waals surface area contributed by atoms with Crippen molar-refractivity contribution in [3.63, 3.8) is 0 Å². The minimum atomic E-state index is -0.499. The van der Waals surface area contributed by atoms with Crippen molar-refractivity contribution in [2.75, 3.05) is 6.61 Å². The fraction of sp³-hybridized carbons (Fsp3) is 0.357. The maximum Gasteiger partial charge on any atom is 0.378 e. The smallest absolute Gasteiger partial charge is 0.378 e. The number of rotatable bonds is 4. The van der Waals surface area contributed by atoms with E-state index in [-0.39, 0.29) is 5.82 Å². The Morgan fingerprint density at radius 1 is 1.42 bits per heavy atom. The Bertz CT molecular complexity index is 576. The number of ether oxygens (including phenoxy) is 1. The molecular formula is C14H17N3O2. The van der Waals surface area contributed by atoms with Gasteiger partial charge in [-0.3, -0.25) is 0 Å². The molecule has 0 aliphatic rings. The maximum atomic E-state index is 11.5. The third kappa shape index (κ3) is 2.99. The van der Waals surface area contributed by atoms with Gasteiger partial charge in [-0.05, 0) is 30.5 Å². The lowest BCUT2D eigenvalue weighted by molar-refractivity contribution is 0.0512. The zero-order chi connectivity index (χ0) is 13.8. The molecule has 0 atom stereocenters. The lowest BCUT2D eigenvalue weighted by Gasteiger charge is -2.07. The molecule has 100 valence electrons. The number of esters is 1. The molecule has 5 heteroatoms. The molecule has 1 aromatic carbocycles. The summed E-state index contributed by atoms with van der Waals surface area (Å²) in [5, 5.41) is 4.13. The molecular weight excluding hydrogens is 242 g/mol. The molecule has 0 radical (unpaired) electrons.